The molecule has 0 N–H and O–H groups in total. The number of ether oxygens (including phenoxy) is 3. The summed E-state index contributed by atoms with van der Waals surface area (Å²) in [6.07, 6.45) is 0.617. The van der Waals surface area contributed by atoms with Crippen molar-refractivity contribution in [2.45, 2.75) is 19.4 Å². The fourth-order valence-electron chi connectivity index (χ4n) is 3.57. The molecule has 6 nitrogen and oxygen atoms in total. The summed E-state index contributed by atoms with van der Waals surface area (Å²) in [5, 5.41) is 8.22. The highest BCUT2D eigenvalue weighted by molar-refractivity contribution is 7.12. The van der Waals surface area contributed by atoms with Crippen LogP contribution in [0.15, 0.2) is 65.1 Å². The standard InChI is InChI=1S/C24H24N2O4S/c1-16-6-4-7-18(12-16)30-15-24(27)26-20(14-19(25-26)23-8-5-11-31-23)17-9-10-21(28-2)22(13-17)29-3/h4-13,20H,14-15H2,1-3H3. The molecule has 0 bridgehead atoms. The molecule has 1 atom stereocenters. The summed E-state index contributed by atoms with van der Waals surface area (Å²) in [5.74, 6) is 1.72. The highest BCUT2D eigenvalue weighted by Gasteiger charge is 2.34. The average molecular weight is 437 g/mol. The normalized spacial score (nSPS) is 15.5. The molecule has 3 aromatic rings. The van der Waals surface area contributed by atoms with Gasteiger partial charge in [-0.05, 0) is 53.8 Å². The van der Waals surface area contributed by atoms with E-state index < -0.39 is 0 Å². The van der Waals surface area contributed by atoms with Crippen LogP contribution in [-0.4, -0.2) is 37.5 Å². The van der Waals surface area contributed by atoms with Crippen molar-refractivity contribution in [3.63, 3.8) is 0 Å². The number of methoxy groups -OCH3 is 2. The minimum absolute atomic E-state index is 0.0888. The van der Waals surface area contributed by atoms with E-state index in [0.717, 1.165) is 21.7 Å². The van der Waals surface area contributed by atoms with Crippen molar-refractivity contribution < 1.29 is 19.0 Å². The van der Waals surface area contributed by atoms with Crippen LogP contribution in [0.3, 0.4) is 0 Å². The summed E-state index contributed by atoms with van der Waals surface area (Å²) >= 11 is 1.61. The number of benzene rings is 2. The molecular formula is C24H24N2O4S. The molecule has 160 valence electrons. The number of amides is 1. The third-order valence-corrected chi connectivity index (χ3v) is 6.03. The van der Waals surface area contributed by atoms with Crippen molar-refractivity contribution >= 4 is 23.0 Å². The van der Waals surface area contributed by atoms with E-state index in [4.69, 9.17) is 14.2 Å². The molecule has 2 aromatic carbocycles. The summed E-state index contributed by atoms with van der Waals surface area (Å²) in [5.41, 5.74) is 2.89. The number of hydrogen-bond donors (Lipinski definition) is 0. The zero-order valence-corrected chi connectivity index (χ0v) is 18.5. The van der Waals surface area contributed by atoms with Gasteiger partial charge in [0.15, 0.2) is 18.1 Å². The van der Waals surface area contributed by atoms with Gasteiger partial charge in [-0.15, -0.1) is 11.3 Å². The number of aryl methyl sites for hydroxylation is 1. The van der Waals surface area contributed by atoms with Crippen LogP contribution < -0.4 is 14.2 Å². The Balaban J connectivity index is 1.60. The number of rotatable bonds is 7. The first-order valence-corrected chi connectivity index (χ1v) is 10.8. The molecular weight excluding hydrogens is 412 g/mol. The van der Waals surface area contributed by atoms with Crippen molar-refractivity contribution in [1.82, 2.24) is 5.01 Å². The second kappa shape index (κ2) is 9.22. The summed E-state index contributed by atoms with van der Waals surface area (Å²) in [7, 11) is 3.20. The summed E-state index contributed by atoms with van der Waals surface area (Å²) in [6.45, 7) is 1.90. The summed E-state index contributed by atoms with van der Waals surface area (Å²) < 4.78 is 16.6. The van der Waals surface area contributed by atoms with E-state index in [-0.39, 0.29) is 18.6 Å². The predicted octanol–water partition coefficient (Wildman–Crippen LogP) is 4.83. The molecule has 0 fully saturated rings. The quantitative estimate of drug-likeness (QED) is 0.532. The van der Waals surface area contributed by atoms with Crippen LogP contribution in [0.2, 0.25) is 0 Å². The number of thiophene rings is 1. The molecule has 1 aliphatic rings. The Morgan fingerprint density at radius 3 is 2.65 bits per heavy atom. The van der Waals surface area contributed by atoms with Gasteiger partial charge in [0.05, 0.1) is 30.9 Å². The molecule has 0 saturated heterocycles. The van der Waals surface area contributed by atoms with Gasteiger partial charge in [-0.3, -0.25) is 4.79 Å². The molecule has 1 unspecified atom stereocenters. The van der Waals surface area contributed by atoms with Gasteiger partial charge in [0.1, 0.15) is 5.75 Å². The van der Waals surface area contributed by atoms with Crippen molar-refractivity contribution in [2.24, 2.45) is 5.10 Å². The van der Waals surface area contributed by atoms with E-state index in [2.05, 4.69) is 5.10 Å². The minimum atomic E-state index is -0.245. The molecule has 1 aliphatic heterocycles. The molecule has 4 rings (SSSR count). The third-order valence-electron chi connectivity index (χ3n) is 5.12. The Bertz CT molecular complexity index is 1090. The first kappa shape index (κ1) is 20.9. The fourth-order valence-corrected chi connectivity index (χ4v) is 4.29. The molecule has 1 amide bonds. The molecule has 0 radical (unpaired) electrons. The Kier molecular flexibility index (Phi) is 6.23. The lowest BCUT2D eigenvalue weighted by molar-refractivity contribution is -0.135. The predicted molar refractivity (Wildman–Crippen MR) is 121 cm³/mol. The minimum Gasteiger partial charge on any atom is -0.493 e. The highest BCUT2D eigenvalue weighted by atomic mass is 32.1. The second-order valence-electron chi connectivity index (χ2n) is 7.20. The highest BCUT2D eigenvalue weighted by Crippen LogP contribution is 2.37. The van der Waals surface area contributed by atoms with Gasteiger partial charge < -0.3 is 14.2 Å². The summed E-state index contributed by atoms with van der Waals surface area (Å²) in [4.78, 5) is 14.2. The fraction of sp³-hybridized carbons (Fsp3) is 0.250. The monoisotopic (exact) mass is 436 g/mol. The van der Waals surface area contributed by atoms with E-state index in [9.17, 15) is 4.79 Å². The maximum Gasteiger partial charge on any atom is 0.281 e. The summed E-state index contributed by atoms with van der Waals surface area (Å²) in [6, 6.07) is 17.1. The second-order valence-corrected chi connectivity index (χ2v) is 8.15. The molecule has 0 spiro atoms. The lowest BCUT2D eigenvalue weighted by atomic mass is 10.0. The average Bonchev–Trinajstić information content (AvgIpc) is 3.47. The Hall–Kier alpha value is -3.32. The number of carbonyl (C=O) groups excluding carboxylic acids is 1. The van der Waals surface area contributed by atoms with Crippen LogP contribution >= 0.6 is 11.3 Å². The van der Waals surface area contributed by atoms with Crippen LogP contribution in [0.5, 0.6) is 17.2 Å². The number of hydrogen-bond acceptors (Lipinski definition) is 6. The Morgan fingerprint density at radius 2 is 1.94 bits per heavy atom. The Morgan fingerprint density at radius 1 is 1.10 bits per heavy atom. The maximum absolute atomic E-state index is 13.1. The molecule has 2 heterocycles. The Labute approximate surface area is 185 Å². The van der Waals surface area contributed by atoms with Gasteiger partial charge in [0, 0.05) is 6.42 Å². The van der Waals surface area contributed by atoms with Crippen LogP contribution in [-0.2, 0) is 4.79 Å². The molecule has 7 heteroatoms. The van der Waals surface area contributed by atoms with Crippen LogP contribution in [0.25, 0.3) is 0 Å². The molecule has 1 aromatic heterocycles. The van der Waals surface area contributed by atoms with E-state index >= 15 is 0 Å². The topological polar surface area (TPSA) is 60.4 Å². The smallest absolute Gasteiger partial charge is 0.281 e. The van der Waals surface area contributed by atoms with Crippen molar-refractivity contribution in [3.05, 3.63) is 76.0 Å². The maximum atomic E-state index is 13.1. The first-order valence-electron chi connectivity index (χ1n) is 9.94. The third kappa shape index (κ3) is 4.56. The van der Waals surface area contributed by atoms with Gasteiger partial charge in [-0.25, -0.2) is 5.01 Å². The van der Waals surface area contributed by atoms with E-state index in [1.165, 1.54) is 5.01 Å². The van der Waals surface area contributed by atoms with Crippen LogP contribution in [0, 0.1) is 6.92 Å². The van der Waals surface area contributed by atoms with Gasteiger partial charge in [0.2, 0.25) is 0 Å². The SMILES string of the molecule is COc1ccc(C2CC(c3cccs3)=NN2C(=O)COc2cccc(C)c2)cc1OC. The number of carbonyl (C=O) groups is 1. The van der Waals surface area contributed by atoms with Gasteiger partial charge >= 0.3 is 0 Å². The van der Waals surface area contributed by atoms with Gasteiger partial charge in [-0.2, -0.15) is 5.10 Å². The van der Waals surface area contributed by atoms with E-state index in [1.54, 1.807) is 25.6 Å². The first-order chi connectivity index (χ1) is 15.1. The lowest BCUT2D eigenvalue weighted by Crippen LogP contribution is -2.31. The largest absolute Gasteiger partial charge is 0.493 e. The van der Waals surface area contributed by atoms with Crippen LogP contribution in [0.1, 0.15) is 28.5 Å². The van der Waals surface area contributed by atoms with Gasteiger partial charge in [-0.1, -0.05) is 24.3 Å². The number of hydrazone groups is 1. The zero-order valence-electron chi connectivity index (χ0n) is 17.7. The van der Waals surface area contributed by atoms with Crippen molar-refractivity contribution in [2.75, 3.05) is 20.8 Å². The van der Waals surface area contributed by atoms with Crippen LogP contribution in [0.4, 0.5) is 0 Å². The van der Waals surface area contributed by atoms with E-state index in [0.29, 0.717) is 23.7 Å². The lowest BCUT2D eigenvalue weighted by Gasteiger charge is -2.23. The molecule has 0 saturated carbocycles. The van der Waals surface area contributed by atoms with E-state index in [1.807, 2.05) is 66.9 Å². The van der Waals surface area contributed by atoms with Crippen molar-refractivity contribution in [1.29, 1.82) is 0 Å². The van der Waals surface area contributed by atoms with Gasteiger partial charge in [0.25, 0.3) is 5.91 Å². The van der Waals surface area contributed by atoms with Crippen molar-refractivity contribution in [3.8, 4) is 17.2 Å². The zero-order chi connectivity index (χ0) is 21.8. The number of nitrogens with zero attached hydrogens (tertiary/aromatic N) is 2. The molecule has 0 aliphatic carbocycles. The molecule has 31 heavy (non-hydrogen) atoms.